The highest BCUT2D eigenvalue weighted by molar-refractivity contribution is 5.91. The predicted octanol–water partition coefficient (Wildman–Crippen LogP) is -0.192. The van der Waals surface area contributed by atoms with Crippen molar-refractivity contribution in [1.29, 1.82) is 0 Å². The van der Waals surface area contributed by atoms with Crippen LogP contribution in [0.1, 0.15) is 0 Å². The Hall–Kier alpha value is -1.27. The van der Waals surface area contributed by atoms with Crippen LogP contribution in [0.4, 0.5) is 13.2 Å². The van der Waals surface area contributed by atoms with E-state index in [0.29, 0.717) is 6.34 Å². The van der Waals surface area contributed by atoms with Gasteiger partial charge in [-0.3, -0.25) is 0 Å². The number of rotatable bonds is 1. The summed E-state index contributed by atoms with van der Waals surface area (Å²) in [5.41, 5.74) is 4.42. The molecule has 0 fully saturated rings. The molecule has 0 atom stereocenters. The molecular weight excluding hydrogens is 149 g/mol. The van der Waals surface area contributed by atoms with Gasteiger partial charge in [-0.2, -0.15) is 18.3 Å². The van der Waals surface area contributed by atoms with Crippen LogP contribution in [0.15, 0.2) is 10.1 Å². The largest absolute Gasteiger partial charge is 0.449 e. The van der Waals surface area contributed by atoms with E-state index in [2.05, 4.69) is 21.7 Å². The number of nitrogens with two attached hydrogens (primary N) is 2. The quantitative estimate of drug-likeness (QED) is 0.237. The lowest BCUT2D eigenvalue weighted by molar-refractivity contribution is -0.0596. The second-order valence-corrected chi connectivity index (χ2v) is 1.28. The van der Waals surface area contributed by atoms with Crippen LogP contribution in [0.25, 0.3) is 0 Å². The molecule has 0 bridgehead atoms. The van der Waals surface area contributed by atoms with E-state index in [1.165, 1.54) is 0 Å². The summed E-state index contributed by atoms with van der Waals surface area (Å²) in [4.78, 5) is 2.67. The molecule has 4 nitrogen and oxygen atoms in total. The lowest BCUT2D eigenvalue weighted by atomic mass is 10.6. The minimum absolute atomic E-state index is 0.517. The predicted molar refractivity (Wildman–Crippen MR) is 30.4 cm³/mol. The number of hydrogen-bond donors (Lipinski definition) is 2. The van der Waals surface area contributed by atoms with E-state index in [1.807, 2.05) is 0 Å². The standard InChI is InChI=1S/C3H5F3N4/c4-3(5,6)2(7)9-1-10-8/h1H,8H2,(H2,7,9,10). The van der Waals surface area contributed by atoms with E-state index >= 15 is 0 Å². The SMILES string of the molecule is N/N=C/N=C(N)C(F)(F)F. The first-order valence-corrected chi connectivity index (χ1v) is 2.10. The zero-order valence-electron chi connectivity index (χ0n) is 4.76. The molecule has 0 spiro atoms. The Labute approximate surface area is 54.4 Å². The molecule has 0 aliphatic carbocycles. The summed E-state index contributed by atoms with van der Waals surface area (Å²) in [5, 5.41) is 2.70. The Bertz CT molecular complexity index is 158. The highest BCUT2D eigenvalue weighted by Gasteiger charge is 2.33. The molecule has 0 aromatic heterocycles. The van der Waals surface area contributed by atoms with Gasteiger partial charge in [-0.05, 0) is 0 Å². The molecule has 10 heavy (non-hydrogen) atoms. The molecule has 0 aliphatic heterocycles. The molecule has 0 amide bonds. The molecule has 0 aromatic carbocycles. The van der Waals surface area contributed by atoms with Crippen molar-refractivity contribution < 1.29 is 13.2 Å². The molecule has 0 rings (SSSR count). The van der Waals surface area contributed by atoms with Gasteiger partial charge in [0.25, 0.3) is 0 Å². The molecule has 0 aliphatic rings. The first-order chi connectivity index (χ1) is 4.48. The minimum atomic E-state index is -4.61. The van der Waals surface area contributed by atoms with E-state index in [4.69, 9.17) is 0 Å². The maximum Gasteiger partial charge on any atom is 0.449 e. The van der Waals surface area contributed by atoms with Crippen LogP contribution in [-0.2, 0) is 0 Å². The van der Waals surface area contributed by atoms with Crippen molar-refractivity contribution in [2.45, 2.75) is 6.18 Å². The van der Waals surface area contributed by atoms with Crippen LogP contribution < -0.4 is 11.6 Å². The summed E-state index contributed by atoms with van der Waals surface area (Å²) < 4.78 is 34.2. The zero-order chi connectivity index (χ0) is 8.20. The lowest BCUT2D eigenvalue weighted by Gasteiger charge is -2.01. The normalized spacial score (nSPS) is 14.5. The Morgan fingerprint density at radius 2 is 1.90 bits per heavy atom. The van der Waals surface area contributed by atoms with E-state index in [1.54, 1.807) is 0 Å². The van der Waals surface area contributed by atoms with Crippen LogP contribution in [0.5, 0.6) is 0 Å². The van der Waals surface area contributed by atoms with Crippen LogP contribution in [0.2, 0.25) is 0 Å². The van der Waals surface area contributed by atoms with Gasteiger partial charge in [-0.25, -0.2) is 4.99 Å². The molecule has 0 unspecified atom stereocenters. The van der Waals surface area contributed by atoms with E-state index < -0.39 is 12.0 Å². The van der Waals surface area contributed by atoms with Crippen molar-refractivity contribution in [3.63, 3.8) is 0 Å². The number of hydrazone groups is 1. The summed E-state index contributed by atoms with van der Waals surface area (Å²) in [5.74, 6) is 2.99. The Kier molecular flexibility index (Phi) is 2.65. The highest BCUT2D eigenvalue weighted by Crippen LogP contribution is 2.13. The third kappa shape index (κ3) is 2.90. The fraction of sp³-hybridized carbons (Fsp3) is 0.333. The second kappa shape index (κ2) is 3.04. The molecule has 58 valence electrons. The van der Waals surface area contributed by atoms with E-state index in [9.17, 15) is 13.2 Å². The van der Waals surface area contributed by atoms with Gasteiger partial charge in [0.1, 0.15) is 6.34 Å². The average Bonchev–Trinajstić information content (AvgIpc) is 1.80. The summed E-state index contributed by atoms with van der Waals surface area (Å²) in [6.45, 7) is 0. The monoisotopic (exact) mass is 154 g/mol. The van der Waals surface area contributed by atoms with Crippen molar-refractivity contribution in [2.75, 3.05) is 0 Å². The molecule has 0 aromatic rings. The summed E-state index contributed by atoms with van der Waals surface area (Å²) in [6, 6.07) is 0. The molecular formula is C3H5F3N4. The Morgan fingerprint density at radius 1 is 1.40 bits per heavy atom. The van der Waals surface area contributed by atoms with Gasteiger partial charge in [0.15, 0.2) is 0 Å². The van der Waals surface area contributed by atoms with Gasteiger partial charge in [-0.1, -0.05) is 0 Å². The van der Waals surface area contributed by atoms with Gasteiger partial charge < -0.3 is 11.6 Å². The van der Waals surface area contributed by atoms with Crippen LogP contribution in [-0.4, -0.2) is 18.4 Å². The average molecular weight is 154 g/mol. The van der Waals surface area contributed by atoms with Crippen LogP contribution in [0.3, 0.4) is 0 Å². The topological polar surface area (TPSA) is 76.8 Å². The third-order valence-corrected chi connectivity index (χ3v) is 0.554. The molecule has 0 radical (unpaired) electrons. The lowest BCUT2D eigenvalue weighted by Crippen LogP contribution is -2.31. The van der Waals surface area contributed by atoms with Crippen LogP contribution in [0, 0.1) is 0 Å². The first-order valence-electron chi connectivity index (χ1n) is 2.10. The van der Waals surface area contributed by atoms with Crippen molar-refractivity contribution in [3.05, 3.63) is 0 Å². The van der Waals surface area contributed by atoms with Crippen LogP contribution >= 0.6 is 0 Å². The number of aliphatic imine (C=N–C) groups is 1. The summed E-state index contributed by atoms with van der Waals surface area (Å²) in [6.07, 6.45) is -4.09. The van der Waals surface area contributed by atoms with Crippen molar-refractivity contribution >= 4 is 12.2 Å². The van der Waals surface area contributed by atoms with Gasteiger partial charge in [0, 0.05) is 0 Å². The maximum atomic E-state index is 11.4. The summed E-state index contributed by atoms with van der Waals surface area (Å²) >= 11 is 0. The van der Waals surface area contributed by atoms with E-state index in [-0.39, 0.29) is 0 Å². The number of hydrogen-bond acceptors (Lipinski definition) is 2. The molecule has 0 saturated heterocycles. The highest BCUT2D eigenvalue weighted by atomic mass is 19.4. The van der Waals surface area contributed by atoms with Gasteiger partial charge in [0.05, 0.1) is 0 Å². The smallest absolute Gasteiger partial charge is 0.380 e. The molecule has 0 heterocycles. The second-order valence-electron chi connectivity index (χ2n) is 1.28. The summed E-state index contributed by atoms with van der Waals surface area (Å²) in [7, 11) is 0. The molecule has 4 N–H and O–H groups in total. The van der Waals surface area contributed by atoms with Crippen molar-refractivity contribution in [1.82, 2.24) is 0 Å². The van der Waals surface area contributed by atoms with E-state index in [0.717, 1.165) is 0 Å². The first kappa shape index (κ1) is 8.73. The van der Waals surface area contributed by atoms with Gasteiger partial charge >= 0.3 is 6.18 Å². The fourth-order valence-corrected chi connectivity index (χ4v) is 0.169. The Balaban J connectivity index is 4.20. The number of nitrogens with zero attached hydrogens (tertiary/aromatic N) is 2. The third-order valence-electron chi connectivity index (χ3n) is 0.554. The Morgan fingerprint density at radius 3 is 2.20 bits per heavy atom. The number of amidine groups is 1. The molecule has 7 heteroatoms. The van der Waals surface area contributed by atoms with Gasteiger partial charge in [-0.15, -0.1) is 0 Å². The molecule has 0 saturated carbocycles. The van der Waals surface area contributed by atoms with Crippen molar-refractivity contribution in [2.24, 2.45) is 21.7 Å². The number of alkyl halides is 3. The fourth-order valence-electron chi connectivity index (χ4n) is 0.169. The zero-order valence-corrected chi connectivity index (χ0v) is 4.76. The number of halogens is 3. The van der Waals surface area contributed by atoms with Gasteiger partial charge in [0.2, 0.25) is 5.84 Å². The van der Waals surface area contributed by atoms with Crippen molar-refractivity contribution in [3.8, 4) is 0 Å². The minimum Gasteiger partial charge on any atom is -0.380 e. The maximum absolute atomic E-state index is 11.4.